The van der Waals surface area contributed by atoms with E-state index in [9.17, 15) is 4.79 Å². The van der Waals surface area contributed by atoms with Crippen LogP contribution in [0.4, 0.5) is 4.79 Å². The van der Waals surface area contributed by atoms with Gasteiger partial charge in [0, 0.05) is 12.6 Å². The first-order valence-corrected chi connectivity index (χ1v) is 13.0. The first-order chi connectivity index (χ1) is 17.0. The Morgan fingerprint density at radius 3 is 2.26 bits per heavy atom. The zero-order valence-electron chi connectivity index (χ0n) is 21.4. The molecule has 188 valence electrons. The highest BCUT2D eigenvalue weighted by atomic mass is 16.6. The molecule has 6 rings (SSSR count). The maximum Gasteiger partial charge on any atom is 0.407 e. The summed E-state index contributed by atoms with van der Waals surface area (Å²) in [6.45, 7) is 7.61. The van der Waals surface area contributed by atoms with Gasteiger partial charge in [0.05, 0.1) is 20.3 Å². The SMILES string of the molecule is CCC1(CC)Cc2cc(-c3cc(OC)cc(OC)c3)ccc2C1NC(=O)O[C@@H]1CN2CCC1CC2. The molecule has 0 aromatic heterocycles. The Morgan fingerprint density at radius 2 is 1.69 bits per heavy atom. The second-order valence-electron chi connectivity index (χ2n) is 10.4. The Balaban J connectivity index is 1.40. The number of piperidine rings is 3. The van der Waals surface area contributed by atoms with Gasteiger partial charge in [-0.2, -0.15) is 0 Å². The van der Waals surface area contributed by atoms with Crippen molar-refractivity contribution in [3.05, 3.63) is 47.5 Å². The predicted octanol–water partition coefficient (Wildman–Crippen LogP) is 5.59. The molecule has 35 heavy (non-hydrogen) atoms. The number of hydrogen-bond donors (Lipinski definition) is 1. The van der Waals surface area contributed by atoms with E-state index in [1.54, 1.807) is 14.2 Å². The lowest BCUT2D eigenvalue weighted by molar-refractivity contribution is -0.0353. The number of nitrogens with zero attached hydrogens (tertiary/aromatic N) is 1. The normalized spacial score (nSPS) is 26.2. The van der Waals surface area contributed by atoms with Gasteiger partial charge in [-0.1, -0.05) is 32.0 Å². The topological polar surface area (TPSA) is 60.0 Å². The van der Waals surface area contributed by atoms with Crippen molar-refractivity contribution in [2.75, 3.05) is 33.9 Å². The largest absolute Gasteiger partial charge is 0.497 e. The molecule has 1 N–H and O–H groups in total. The van der Waals surface area contributed by atoms with E-state index < -0.39 is 0 Å². The quantitative estimate of drug-likeness (QED) is 0.562. The highest BCUT2D eigenvalue weighted by Crippen LogP contribution is 2.51. The average molecular weight is 479 g/mol. The third-order valence-electron chi connectivity index (χ3n) is 8.82. The molecule has 3 saturated heterocycles. The van der Waals surface area contributed by atoms with Crippen LogP contribution in [0.15, 0.2) is 36.4 Å². The van der Waals surface area contributed by atoms with Crippen molar-refractivity contribution < 1.29 is 19.0 Å². The van der Waals surface area contributed by atoms with Crippen LogP contribution in [0.2, 0.25) is 0 Å². The number of methoxy groups -OCH3 is 2. The van der Waals surface area contributed by atoms with E-state index in [0.29, 0.717) is 5.92 Å². The standard InChI is InChI=1S/C29H38N2O4/c1-5-29(6-2)17-22-13-20(21-14-23(33-3)16-24(15-21)34-4)7-8-25(22)27(29)30-28(32)35-26-18-31-11-9-19(26)10-12-31/h7-8,13-16,19,26-27H,5-6,9-12,17-18H2,1-4H3,(H,30,32)/t26-,27?/m1/s1. The third kappa shape index (κ3) is 4.49. The molecule has 3 fully saturated rings. The maximum atomic E-state index is 13.1. The zero-order chi connectivity index (χ0) is 24.6. The van der Waals surface area contributed by atoms with Gasteiger partial charge >= 0.3 is 6.09 Å². The van der Waals surface area contributed by atoms with Gasteiger partial charge in [0.1, 0.15) is 17.6 Å². The average Bonchev–Trinajstić information content (AvgIpc) is 3.21. The Bertz CT molecular complexity index is 1050. The van der Waals surface area contributed by atoms with Gasteiger partial charge in [-0.15, -0.1) is 0 Å². The molecule has 6 nitrogen and oxygen atoms in total. The molecule has 6 heteroatoms. The van der Waals surface area contributed by atoms with Gasteiger partial charge in [-0.05, 0) is 90.9 Å². The number of alkyl carbamates (subject to hydrolysis) is 1. The van der Waals surface area contributed by atoms with Crippen LogP contribution in [0.5, 0.6) is 11.5 Å². The molecule has 3 aliphatic heterocycles. The summed E-state index contributed by atoms with van der Waals surface area (Å²) in [5, 5.41) is 3.31. The molecule has 1 aliphatic carbocycles. The molecule has 2 aromatic carbocycles. The van der Waals surface area contributed by atoms with Gasteiger partial charge in [0.15, 0.2) is 0 Å². The van der Waals surface area contributed by atoms with E-state index in [1.807, 2.05) is 18.2 Å². The Labute approximate surface area is 208 Å². The highest BCUT2D eigenvalue weighted by Gasteiger charge is 2.45. The van der Waals surface area contributed by atoms with Crippen LogP contribution in [0.1, 0.15) is 56.7 Å². The smallest absolute Gasteiger partial charge is 0.407 e. The van der Waals surface area contributed by atoms with E-state index in [2.05, 4.69) is 42.3 Å². The van der Waals surface area contributed by atoms with Crippen LogP contribution in [0, 0.1) is 11.3 Å². The minimum Gasteiger partial charge on any atom is -0.497 e. The number of nitrogens with one attached hydrogen (secondary N) is 1. The second kappa shape index (κ2) is 9.73. The number of rotatable bonds is 7. The maximum absolute atomic E-state index is 13.1. The number of amides is 1. The summed E-state index contributed by atoms with van der Waals surface area (Å²) in [6.07, 6.45) is 4.94. The summed E-state index contributed by atoms with van der Waals surface area (Å²) in [6, 6.07) is 12.5. The molecule has 3 heterocycles. The van der Waals surface area contributed by atoms with Crippen LogP contribution in [0.3, 0.4) is 0 Å². The number of hydrogen-bond acceptors (Lipinski definition) is 5. The number of benzene rings is 2. The molecule has 1 amide bonds. The zero-order valence-corrected chi connectivity index (χ0v) is 21.4. The molecule has 1 unspecified atom stereocenters. The Kier molecular flexibility index (Phi) is 6.67. The lowest BCUT2D eigenvalue weighted by Crippen LogP contribution is -2.53. The lowest BCUT2D eigenvalue weighted by atomic mass is 9.76. The fourth-order valence-electron chi connectivity index (χ4n) is 6.48. The fourth-order valence-corrected chi connectivity index (χ4v) is 6.48. The van der Waals surface area contributed by atoms with Crippen molar-refractivity contribution >= 4 is 6.09 Å². The molecule has 2 aromatic rings. The van der Waals surface area contributed by atoms with Crippen molar-refractivity contribution in [3.8, 4) is 22.6 Å². The molecule has 0 saturated carbocycles. The van der Waals surface area contributed by atoms with Crippen molar-refractivity contribution in [3.63, 3.8) is 0 Å². The number of carbonyl (C=O) groups is 1. The van der Waals surface area contributed by atoms with Gasteiger partial charge < -0.3 is 19.5 Å². The van der Waals surface area contributed by atoms with E-state index >= 15 is 0 Å². The third-order valence-corrected chi connectivity index (χ3v) is 8.82. The number of fused-ring (bicyclic) bond motifs is 4. The van der Waals surface area contributed by atoms with Crippen LogP contribution in [0.25, 0.3) is 11.1 Å². The molecule has 4 aliphatic rings. The van der Waals surface area contributed by atoms with Gasteiger partial charge in [0.2, 0.25) is 0 Å². The van der Waals surface area contributed by atoms with Crippen molar-refractivity contribution in [1.82, 2.24) is 10.2 Å². The second-order valence-corrected chi connectivity index (χ2v) is 10.4. The Hall–Kier alpha value is -2.73. The fraction of sp³-hybridized carbons (Fsp3) is 0.552. The van der Waals surface area contributed by atoms with Gasteiger partial charge in [-0.3, -0.25) is 4.90 Å². The lowest BCUT2D eigenvalue weighted by Gasteiger charge is -2.44. The monoisotopic (exact) mass is 478 g/mol. The summed E-state index contributed by atoms with van der Waals surface area (Å²) >= 11 is 0. The van der Waals surface area contributed by atoms with Gasteiger partial charge in [-0.25, -0.2) is 4.79 Å². The molecule has 0 spiro atoms. The Morgan fingerprint density at radius 1 is 1.00 bits per heavy atom. The first kappa shape index (κ1) is 24.0. The summed E-state index contributed by atoms with van der Waals surface area (Å²) < 4.78 is 17.0. The summed E-state index contributed by atoms with van der Waals surface area (Å²) in [5.41, 5.74) is 4.67. The molecule has 2 bridgehead atoms. The predicted molar refractivity (Wildman–Crippen MR) is 137 cm³/mol. The van der Waals surface area contributed by atoms with Crippen molar-refractivity contribution in [1.29, 1.82) is 0 Å². The molecule has 0 radical (unpaired) electrons. The minimum absolute atomic E-state index is 0.0128. The number of ether oxygens (including phenoxy) is 3. The first-order valence-electron chi connectivity index (χ1n) is 13.0. The van der Waals surface area contributed by atoms with E-state index in [0.717, 1.165) is 74.4 Å². The van der Waals surface area contributed by atoms with Crippen molar-refractivity contribution in [2.24, 2.45) is 11.3 Å². The van der Waals surface area contributed by atoms with E-state index in [-0.39, 0.29) is 23.7 Å². The van der Waals surface area contributed by atoms with Crippen LogP contribution in [-0.2, 0) is 11.2 Å². The van der Waals surface area contributed by atoms with Crippen LogP contribution in [-0.4, -0.2) is 51.0 Å². The van der Waals surface area contributed by atoms with Crippen LogP contribution < -0.4 is 14.8 Å². The minimum atomic E-state index is -0.269. The molecular formula is C29H38N2O4. The summed E-state index contributed by atoms with van der Waals surface area (Å²) in [4.78, 5) is 15.5. The summed E-state index contributed by atoms with van der Waals surface area (Å²) in [5.74, 6) is 2.05. The highest BCUT2D eigenvalue weighted by molar-refractivity contribution is 5.71. The molecular weight excluding hydrogens is 440 g/mol. The van der Waals surface area contributed by atoms with Crippen molar-refractivity contribution in [2.45, 2.75) is 58.1 Å². The summed E-state index contributed by atoms with van der Waals surface area (Å²) in [7, 11) is 3.34. The van der Waals surface area contributed by atoms with Gasteiger partial charge in [0.25, 0.3) is 0 Å². The number of carbonyl (C=O) groups excluding carboxylic acids is 1. The molecule has 2 atom stereocenters. The van der Waals surface area contributed by atoms with E-state index in [4.69, 9.17) is 14.2 Å². The van der Waals surface area contributed by atoms with E-state index in [1.165, 1.54) is 11.1 Å². The van der Waals surface area contributed by atoms with Crippen LogP contribution >= 0.6 is 0 Å².